The Hall–Kier alpha value is -2.08. The van der Waals surface area contributed by atoms with Crippen molar-refractivity contribution in [3.8, 4) is 0 Å². The van der Waals surface area contributed by atoms with Crippen LogP contribution in [-0.2, 0) is 12.6 Å². The average molecular weight is 365 g/mol. The molecule has 1 aliphatic heterocycles. The zero-order chi connectivity index (χ0) is 19.0. The first-order chi connectivity index (χ1) is 12.5. The summed E-state index contributed by atoms with van der Waals surface area (Å²) in [5.74, 6) is 0.909. The number of rotatable bonds is 5. The van der Waals surface area contributed by atoms with Crippen molar-refractivity contribution < 1.29 is 13.2 Å². The van der Waals surface area contributed by atoms with Gasteiger partial charge >= 0.3 is 6.18 Å². The Kier molecular flexibility index (Phi) is 7.45. The van der Waals surface area contributed by atoms with Crippen LogP contribution < -0.4 is 5.32 Å². The van der Waals surface area contributed by atoms with Gasteiger partial charge in [0.2, 0.25) is 0 Å². The third-order valence-electron chi connectivity index (χ3n) is 4.18. The normalized spacial score (nSPS) is 17.2. The van der Waals surface area contributed by atoms with E-state index >= 15 is 0 Å². The van der Waals surface area contributed by atoms with Gasteiger partial charge in [-0.25, -0.2) is 4.99 Å². The predicted molar refractivity (Wildman–Crippen MR) is 100 cm³/mol. The number of benzene rings is 1. The van der Waals surface area contributed by atoms with E-state index in [0.717, 1.165) is 61.7 Å². The van der Waals surface area contributed by atoms with Gasteiger partial charge in [0, 0.05) is 38.8 Å². The minimum absolute atomic E-state index is 0.562. The summed E-state index contributed by atoms with van der Waals surface area (Å²) in [6.07, 6.45) is 2.86. The zero-order valence-electron chi connectivity index (χ0n) is 15.3. The lowest BCUT2D eigenvalue weighted by atomic mass is 10.0. The van der Waals surface area contributed by atoms with Crippen LogP contribution in [0.4, 0.5) is 13.2 Å². The van der Waals surface area contributed by atoms with E-state index in [-0.39, 0.29) is 0 Å². The van der Waals surface area contributed by atoms with Gasteiger partial charge in [0.15, 0.2) is 0 Å². The summed E-state index contributed by atoms with van der Waals surface area (Å²) in [4.78, 5) is 6.86. The summed E-state index contributed by atoms with van der Waals surface area (Å²) in [5.41, 5.74) is 1.28. The highest BCUT2D eigenvalue weighted by Gasteiger charge is 2.30. The highest BCUT2D eigenvalue weighted by Crippen LogP contribution is 2.29. The Morgan fingerprint density at radius 1 is 1.19 bits per heavy atom. The van der Waals surface area contributed by atoms with Crippen LogP contribution in [0, 0.1) is 0 Å². The SMILES string of the molecule is C\C=C/N=C(/C(=C/CC)Cc1ccc(C(F)(F)F)cc1)N1CCNCC1. The first-order valence-corrected chi connectivity index (χ1v) is 8.96. The van der Waals surface area contributed by atoms with Crippen LogP contribution in [0.25, 0.3) is 0 Å². The minimum Gasteiger partial charge on any atom is -0.354 e. The highest BCUT2D eigenvalue weighted by molar-refractivity contribution is 5.99. The van der Waals surface area contributed by atoms with Crippen molar-refractivity contribution in [3.63, 3.8) is 0 Å². The maximum Gasteiger partial charge on any atom is 0.416 e. The maximum atomic E-state index is 12.8. The highest BCUT2D eigenvalue weighted by atomic mass is 19.4. The van der Waals surface area contributed by atoms with Gasteiger partial charge in [-0.3, -0.25) is 0 Å². The average Bonchev–Trinajstić information content (AvgIpc) is 2.63. The summed E-state index contributed by atoms with van der Waals surface area (Å²) >= 11 is 0. The van der Waals surface area contributed by atoms with E-state index in [9.17, 15) is 13.2 Å². The van der Waals surface area contributed by atoms with Crippen molar-refractivity contribution in [2.24, 2.45) is 4.99 Å². The molecule has 0 unspecified atom stereocenters. The second-order valence-electron chi connectivity index (χ2n) is 6.18. The van der Waals surface area contributed by atoms with Gasteiger partial charge < -0.3 is 10.2 Å². The topological polar surface area (TPSA) is 27.6 Å². The monoisotopic (exact) mass is 365 g/mol. The quantitative estimate of drug-likeness (QED) is 0.618. The van der Waals surface area contributed by atoms with Crippen LogP contribution in [0.2, 0.25) is 0 Å². The van der Waals surface area contributed by atoms with Crippen molar-refractivity contribution in [1.29, 1.82) is 0 Å². The molecule has 2 rings (SSSR count). The number of allylic oxidation sites excluding steroid dienone is 2. The van der Waals surface area contributed by atoms with E-state index < -0.39 is 11.7 Å². The van der Waals surface area contributed by atoms with Gasteiger partial charge in [0.05, 0.1) is 5.56 Å². The molecule has 3 nitrogen and oxygen atoms in total. The molecule has 0 atom stereocenters. The molecule has 6 heteroatoms. The fourth-order valence-electron chi connectivity index (χ4n) is 2.91. The summed E-state index contributed by atoms with van der Waals surface area (Å²) in [5, 5.41) is 3.33. The zero-order valence-corrected chi connectivity index (χ0v) is 15.3. The summed E-state index contributed by atoms with van der Waals surface area (Å²) in [7, 11) is 0. The van der Waals surface area contributed by atoms with Gasteiger partial charge in [-0.2, -0.15) is 13.2 Å². The van der Waals surface area contributed by atoms with E-state index in [0.29, 0.717) is 6.42 Å². The molecule has 0 spiro atoms. The van der Waals surface area contributed by atoms with E-state index in [4.69, 9.17) is 0 Å². The molecule has 26 heavy (non-hydrogen) atoms. The fourth-order valence-corrected chi connectivity index (χ4v) is 2.91. The van der Waals surface area contributed by atoms with Crippen LogP contribution >= 0.6 is 0 Å². The standard InChI is InChI=1S/C20H26F3N3/c1-3-5-17(15-16-6-8-18(9-7-16)20(21,22)23)19(25-10-4-2)26-13-11-24-12-14-26/h4-10,24H,3,11-15H2,1-2H3/b10-4-,17-5+,25-19-. The van der Waals surface area contributed by atoms with Crippen molar-refractivity contribution >= 4 is 5.84 Å². The molecular formula is C20H26F3N3. The molecule has 0 amide bonds. The Morgan fingerprint density at radius 3 is 2.38 bits per heavy atom. The molecule has 0 aliphatic carbocycles. The van der Waals surface area contributed by atoms with Gasteiger partial charge in [-0.05, 0) is 36.6 Å². The second kappa shape index (κ2) is 9.57. The molecule has 1 aromatic carbocycles. The van der Waals surface area contributed by atoms with Crippen LogP contribution in [0.3, 0.4) is 0 Å². The predicted octanol–water partition coefficient (Wildman–Crippen LogP) is 4.42. The molecule has 1 saturated heterocycles. The number of piperazine rings is 1. The molecule has 1 heterocycles. The molecule has 1 aromatic rings. The number of nitrogens with one attached hydrogen (secondary N) is 1. The van der Waals surface area contributed by atoms with Crippen LogP contribution in [0.5, 0.6) is 0 Å². The molecule has 1 fully saturated rings. The van der Waals surface area contributed by atoms with E-state index in [1.165, 1.54) is 0 Å². The number of alkyl halides is 3. The number of aliphatic imine (C=N–C) groups is 1. The molecule has 0 bridgehead atoms. The van der Waals surface area contributed by atoms with Gasteiger partial charge in [-0.1, -0.05) is 31.2 Å². The number of halogens is 3. The van der Waals surface area contributed by atoms with Crippen molar-refractivity contribution in [2.45, 2.75) is 32.9 Å². The van der Waals surface area contributed by atoms with Gasteiger partial charge in [0.1, 0.15) is 5.84 Å². The van der Waals surface area contributed by atoms with E-state index in [2.05, 4.69) is 28.2 Å². The molecular weight excluding hydrogens is 339 g/mol. The Bertz CT molecular complexity index is 652. The van der Waals surface area contributed by atoms with Crippen LogP contribution in [-0.4, -0.2) is 36.9 Å². The first-order valence-electron chi connectivity index (χ1n) is 8.96. The van der Waals surface area contributed by atoms with E-state index in [1.807, 2.05) is 13.0 Å². The lowest BCUT2D eigenvalue weighted by Crippen LogP contribution is -2.47. The lowest BCUT2D eigenvalue weighted by Gasteiger charge is -2.31. The van der Waals surface area contributed by atoms with Crippen molar-refractivity contribution in [1.82, 2.24) is 10.2 Å². The maximum absolute atomic E-state index is 12.8. The van der Waals surface area contributed by atoms with Gasteiger partial charge in [0.25, 0.3) is 0 Å². The number of hydrogen-bond acceptors (Lipinski definition) is 2. The third kappa shape index (κ3) is 5.73. The van der Waals surface area contributed by atoms with Crippen molar-refractivity contribution in [3.05, 3.63) is 59.3 Å². The first kappa shape index (κ1) is 20.2. The minimum atomic E-state index is -4.31. The van der Waals surface area contributed by atoms with Crippen molar-refractivity contribution in [2.75, 3.05) is 26.2 Å². The van der Waals surface area contributed by atoms with Crippen LogP contribution in [0.1, 0.15) is 31.4 Å². The second-order valence-corrected chi connectivity index (χ2v) is 6.18. The number of amidine groups is 1. The molecule has 1 aliphatic rings. The summed E-state index contributed by atoms with van der Waals surface area (Å²) in [6.45, 7) is 7.49. The largest absolute Gasteiger partial charge is 0.416 e. The van der Waals surface area contributed by atoms with Crippen LogP contribution in [0.15, 0.2) is 53.2 Å². The number of hydrogen-bond donors (Lipinski definition) is 1. The van der Waals surface area contributed by atoms with E-state index in [1.54, 1.807) is 18.3 Å². The van der Waals surface area contributed by atoms with Gasteiger partial charge in [-0.15, -0.1) is 0 Å². The molecule has 0 radical (unpaired) electrons. The summed E-state index contributed by atoms with van der Waals surface area (Å²) in [6, 6.07) is 5.40. The Labute approximate surface area is 153 Å². The Balaban J connectivity index is 2.26. The third-order valence-corrected chi connectivity index (χ3v) is 4.18. The molecule has 142 valence electrons. The lowest BCUT2D eigenvalue weighted by molar-refractivity contribution is -0.137. The number of nitrogens with zero attached hydrogens (tertiary/aromatic N) is 2. The smallest absolute Gasteiger partial charge is 0.354 e. The molecule has 0 aromatic heterocycles. The molecule has 1 N–H and O–H groups in total. The fraction of sp³-hybridized carbons (Fsp3) is 0.450. The summed E-state index contributed by atoms with van der Waals surface area (Å²) < 4.78 is 38.3. The Morgan fingerprint density at radius 2 is 1.85 bits per heavy atom. The molecule has 0 saturated carbocycles.